The summed E-state index contributed by atoms with van der Waals surface area (Å²) < 4.78 is 5.87. The summed E-state index contributed by atoms with van der Waals surface area (Å²) in [5, 5.41) is 11.2. The molecule has 0 saturated carbocycles. The van der Waals surface area contributed by atoms with Gasteiger partial charge < -0.3 is 4.43 Å². The summed E-state index contributed by atoms with van der Waals surface area (Å²) >= 11 is 1.65. The smallest absolute Gasteiger partial charge is 0.186 e. The Labute approximate surface area is 102 Å². The zero-order valence-electron chi connectivity index (χ0n) is 10.2. The average Bonchev–Trinajstić information content (AvgIpc) is 2.64. The molecule has 0 unspecified atom stereocenters. The highest BCUT2D eigenvalue weighted by atomic mass is 32.1. The van der Waals surface area contributed by atoms with E-state index in [4.69, 9.17) is 4.43 Å². The molecule has 1 atom stereocenters. The van der Waals surface area contributed by atoms with Crippen LogP contribution in [0.4, 0.5) is 0 Å². The van der Waals surface area contributed by atoms with Crippen molar-refractivity contribution < 1.29 is 4.43 Å². The number of hydrogen-bond acceptors (Lipinski definition) is 3. The first kappa shape index (κ1) is 13.2. The summed E-state index contributed by atoms with van der Waals surface area (Å²) in [6.45, 7) is 8.07. The molecule has 0 aliphatic heterocycles. The molecule has 0 fully saturated rings. The molecule has 1 heterocycles. The number of nitrogens with zero attached hydrogens (tertiary/aromatic N) is 1. The van der Waals surface area contributed by atoms with Crippen molar-refractivity contribution >= 4 is 25.7 Å². The van der Waals surface area contributed by atoms with E-state index in [1.165, 1.54) is 0 Å². The zero-order valence-corrected chi connectivity index (χ0v) is 12.0. The van der Waals surface area contributed by atoms with E-state index in [9.17, 15) is 5.26 Å². The van der Waals surface area contributed by atoms with Gasteiger partial charge in [-0.25, -0.2) is 0 Å². The maximum Gasteiger partial charge on any atom is 0.186 e. The fourth-order valence-electron chi connectivity index (χ4n) is 1.36. The lowest BCUT2D eigenvalue weighted by atomic mass is 10.1. The number of nitriles is 1. The Bertz CT molecular complexity index is 400. The quantitative estimate of drug-likeness (QED) is 0.760. The molecule has 1 rings (SSSR count). The molecule has 0 spiro atoms. The van der Waals surface area contributed by atoms with E-state index in [-0.39, 0.29) is 0 Å². The first-order valence-electron chi connectivity index (χ1n) is 5.19. The fourth-order valence-corrected chi connectivity index (χ4v) is 3.36. The molecule has 0 aliphatic carbocycles. The van der Waals surface area contributed by atoms with Crippen LogP contribution >= 0.6 is 11.3 Å². The van der Waals surface area contributed by atoms with E-state index < -0.39 is 13.9 Å². The standard InChI is InChI=1S/C12H17NOSSi/c1-12(10-13,14-16(2,3)4)8-7-11-6-5-9-15-11/h5-9H,1-4H3/b8-7+/t12-/m0/s1. The SMILES string of the molecule is C[C@@](C#N)(/C=C/c1cccs1)O[Si](C)(C)C. The fraction of sp³-hybridized carbons (Fsp3) is 0.417. The molecule has 0 radical (unpaired) electrons. The van der Waals surface area contributed by atoms with Gasteiger partial charge in [0.05, 0.1) is 0 Å². The Balaban J connectivity index is 2.79. The average molecular weight is 251 g/mol. The molecule has 0 aliphatic rings. The van der Waals surface area contributed by atoms with E-state index in [0.29, 0.717) is 0 Å². The second-order valence-electron chi connectivity index (χ2n) is 4.78. The molecular formula is C12H17NOSSi. The predicted molar refractivity (Wildman–Crippen MR) is 71.8 cm³/mol. The maximum absolute atomic E-state index is 9.18. The molecule has 0 aromatic carbocycles. The number of rotatable bonds is 4. The van der Waals surface area contributed by atoms with Gasteiger partial charge in [-0.2, -0.15) is 5.26 Å². The van der Waals surface area contributed by atoms with Crippen LogP contribution in [0.1, 0.15) is 11.8 Å². The zero-order chi connectivity index (χ0) is 12.2. The Morgan fingerprint density at radius 2 is 2.19 bits per heavy atom. The van der Waals surface area contributed by atoms with E-state index in [1.54, 1.807) is 11.3 Å². The Hall–Kier alpha value is -0.893. The van der Waals surface area contributed by atoms with E-state index in [0.717, 1.165) is 4.88 Å². The molecule has 4 heteroatoms. The molecule has 16 heavy (non-hydrogen) atoms. The van der Waals surface area contributed by atoms with Gasteiger partial charge in [-0.15, -0.1) is 11.3 Å². The summed E-state index contributed by atoms with van der Waals surface area (Å²) in [5.74, 6) is 0. The number of thiophene rings is 1. The first-order valence-corrected chi connectivity index (χ1v) is 9.48. The van der Waals surface area contributed by atoms with Crippen molar-refractivity contribution in [1.82, 2.24) is 0 Å². The lowest BCUT2D eigenvalue weighted by molar-refractivity contribution is 0.193. The normalized spacial score (nSPS) is 15.9. The molecule has 2 nitrogen and oxygen atoms in total. The third-order valence-electron chi connectivity index (χ3n) is 1.85. The van der Waals surface area contributed by atoms with Crippen molar-refractivity contribution in [3.63, 3.8) is 0 Å². The van der Waals surface area contributed by atoms with Crippen LogP contribution in [0.5, 0.6) is 0 Å². The minimum atomic E-state index is -1.71. The van der Waals surface area contributed by atoms with Gasteiger partial charge >= 0.3 is 0 Å². The van der Waals surface area contributed by atoms with E-state index >= 15 is 0 Å². The first-order chi connectivity index (χ1) is 7.35. The molecule has 0 N–H and O–H groups in total. The van der Waals surface area contributed by atoms with Crippen LogP contribution < -0.4 is 0 Å². The largest absolute Gasteiger partial charge is 0.397 e. The third-order valence-corrected chi connectivity index (χ3v) is 3.72. The van der Waals surface area contributed by atoms with Gasteiger partial charge in [-0.3, -0.25) is 0 Å². The third kappa shape index (κ3) is 4.31. The van der Waals surface area contributed by atoms with Crippen molar-refractivity contribution in [2.45, 2.75) is 32.2 Å². The highest BCUT2D eigenvalue weighted by Gasteiger charge is 2.29. The highest BCUT2D eigenvalue weighted by molar-refractivity contribution is 7.10. The van der Waals surface area contributed by atoms with Gasteiger partial charge in [0.25, 0.3) is 0 Å². The lowest BCUT2D eigenvalue weighted by Gasteiger charge is -2.27. The number of hydrogen-bond donors (Lipinski definition) is 0. The van der Waals surface area contributed by atoms with Crippen LogP contribution in [0.25, 0.3) is 6.08 Å². The maximum atomic E-state index is 9.18. The molecule has 0 saturated heterocycles. The van der Waals surface area contributed by atoms with Crippen LogP contribution in [0.3, 0.4) is 0 Å². The molecular weight excluding hydrogens is 234 g/mol. The molecule has 1 aromatic heterocycles. The Morgan fingerprint density at radius 1 is 1.50 bits per heavy atom. The van der Waals surface area contributed by atoms with Gasteiger partial charge in [0.2, 0.25) is 0 Å². The highest BCUT2D eigenvalue weighted by Crippen LogP contribution is 2.21. The van der Waals surface area contributed by atoms with Crippen LogP contribution in [0.15, 0.2) is 23.6 Å². The summed E-state index contributed by atoms with van der Waals surface area (Å²) in [6, 6.07) is 6.24. The molecule has 0 amide bonds. The topological polar surface area (TPSA) is 33.0 Å². The summed E-state index contributed by atoms with van der Waals surface area (Å²) in [7, 11) is -1.71. The van der Waals surface area contributed by atoms with Crippen molar-refractivity contribution in [2.24, 2.45) is 0 Å². The van der Waals surface area contributed by atoms with Crippen molar-refractivity contribution in [3.05, 3.63) is 28.5 Å². The monoisotopic (exact) mass is 251 g/mol. The second kappa shape index (κ2) is 4.96. The Morgan fingerprint density at radius 3 is 2.62 bits per heavy atom. The molecule has 1 aromatic rings. The second-order valence-corrected chi connectivity index (χ2v) is 10.2. The van der Waals surface area contributed by atoms with Gasteiger partial charge in [0, 0.05) is 4.88 Å². The van der Waals surface area contributed by atoms with Crippen LogP contribution in [0, 0.1) is 11.3 Å². The van der Waals surface area contributed by atoms with Crippen LogP contribution in [0.2, 0.25) is 19.6 Å². The van der Waals surface area contributed by atoms with Gasteiger partial charge in [-0.05, 0) is 50.2 Å². The van der Waals surface area contributed by atoms with Crippen LogP contribution in [-0.2, 0) is 4.43 Å². The van der Waals surface area contributed by atoms with Crippen LogP contribution in [-0.4, -0.2) is 13.9 Å². The van der Waals surface area contributed by atoms with Crippen molar-refractivity contribution in [2.75, 3.05) is 0 Å². The Kier molecular flexibility index (Phi) is 4.08. The van der Waals surface area contributed by atoms with Gasteiger partial charge in [0.1, 0.15) is 6.07 Å². The summed E-state index contributed by atoms with van der Waals surface area (Å²) in [4.78, 5) is 1.14. The summed E-state index contributed by atoms with van der Waals surface area (Å²) in [6.07, 6.45) is 3.80. The summed E-state index contributed by atoms with van der Waals surface area (Å²) in [5.41, 5.74) is -0.811. The van der Waals surface area contributed by atoms with Crippen molar-refractivity contribution in [1.29, 1.82) is 5.26 Å². The van der Waals surface area contributed by atoms with E-state index in [1.807, 2.05) is 36.6 Å². The lowest BCUT2D eigenvalue weighted by Crippen LogP contribution is -2.38. The minimum Gasteiger partial charge on any atom is -0.397 e. The van der Waals surface area contributed by atoms with Crippen molar-refractivity contribution in [3.8, 4) is 6.07 Å². The van der Waals surface area contributed by atoms with E-state index in [2.05, 4.69) is 25.7 Å². The molecule has 0 bridgehead atoms. The van der Waals surface area contributed by atoms with Gasteiger partial charge in [-0.1, -0.05) is 6.07 Å². The van der Waals surface area contributed by atoms with Gasteiger partial charge in [0.15, 0.2) is 13.9 Å². The minimum absolute atomic E-state index is 0.811. The molecule has 86 valence electrons. The predicted octanol–water partition coefficient (Wildman–Crippen LogP) is 3.90.